The zero-order chi connectivity index (χ0) is 19.8. The summed E-state index contributed by atoms with van der Waals surface area (Å²) in [4.78, 5) is 16.7. The molecule has 5 heteroatoms. The van der Waals surface area contributed by atoms with Crippen molar-refractivity contribution in [1.82, 2.24) is 15.6 Å². The van der Waals surface area contributed by atoms with E-state index in [2.05, 4.69) is 27.8 Å². The molecule has 0 spiro atoms. The Balaban J connectivity index is 2.34. The molecule has 1 aliphatic carbocycles. The summed E-state index contributed by atoms with van der Waals surface area (Å²) in [6, 6.07) is 1.80. The second-order valence-corrected chi connectivity index (χ2v) is 6.28. The van der Waals surface area contributed by atoms with E-state index in [4.69, 9.17) is 5.41 Å². The third kappa shape index (κ3) is 5.03. The van der Waals surface area contributed by atoms with E-state index in [-0.39, 0.29) is 5.78 Å². The first-order valence-corrected chi connectivity index (χ1v) is 9.32. The maximum absolute atomic E-state index is 12.3. The maximum Gasteiger partial charge on any atom is 0.164 e. The fourth-order valence-corrected chi connectivity index (χ4v) is 2.85. The normalized spacial score (nSPS) is 14.1. The van der Waals surface area contributed by atoms with E-state index in [1.54, 1.807) is 12.3 Å². The molecule has 0 aliphatic heterocycles. The zero-order valence-electron chi connectivity index (χ0n) is 16.5. The Bertz CT molecular complexity index is 844. The summed E-state index contributed by atoms with van der Waals surface area (Å²) in [5.41, 5.74) is 4.11. The highest BCUT2D eigenvalue weighted by molar-refractivity contribution is 6.11. The molecule has 0 saturated carbocycles. The van der Waals surface area contributed by atoms with Gasteiger partial charge in [0, 0.05) is 42.1 Å². The molecule has 5 nitrogen and oxygen atoms in total. The van der Waals surface area contributed by atoms with Gasteiger partial charge in [0.1, 0.15) is 5.82 Å². The first kappa shape index (κ1) is 20.4. The number of hydrogen-bond acceptors (Lipinski definition) is 5. The first-order valence-electron chi connectivity index (χ1n) is 9.32. The average molecular weight is 364 g/mol. The molecule has 0 saturated heterocycles. The lowest BCUT2D eigenvalue weighted by Crippen LogP contribution is -2.26. The van der Waals surface area contributed by atoms with E-state index in [0.29, 0.717) is 29.7 Å². The highest BCUT2D eigenvalue weighted by Gasteiger charge is 2.15. The Morgan fingerprint density at radius 3 is 2.74 bits per heavy atom. The van der Waals surface area contributed by atoms with E-state index in [0.717, 1.165) is 29.2 Å². The smallest absolute Gasteiger partial charge is 0.164 e. The second kappa shape index (κ2) is 9.67. The minimum Gasteiger partial charge on any atom is -0.374 e. The number of nitrogens with one attached hydrogen (secondary N) is 3. The van der Waals surface area contributed by atoms with Crippen LogP contribution in [0.5, 0.6) is 0 Å². The Hall–Kier alpha value is -2.95. The quantitative estimate of drug-likeness (QED) is 0.480. The van der Waals surface area contributed by atoms with Crippen LogP contribution in [-0.4, -0.2) is 23.5 Å². The van der Waals surface area contributed by atoms with Crippen molar-refractivity contribution in [2.24, 2.45) is 0 Å². The van der Waals surface area contributed by atoms with Crippen LogP contribution in [0.15, 0.2) is 59.7 Å². The van der Waals surface area contributed by atoms with Gasteiger partial charge in [0.15, 0.2) is 5.78 Å². The van der Waals surface area contributed by atoms with Crippen LogP contribution in [0.2, 0.25) is 0 Å². The van der Waals surface area contributed by atoms with Gasteiger partial charge in [0.2, 0.25) is 0 Å². The van der Waals surface area contributed by atoms with Gasteiger partial charge in [-0.25, -0.2) is 0 Å². The number of nitrogens with zero attached hydrogens (tertiary/aromatic N) is 1. The summed E-state index contributed by atoms with van der Waals surface area (Å²) in [6.45, 7) is 5.71. The van der Waals surface area contributed by atoms with Crippen LogP contribution in [0.25, 0.3) is 0 Å². The van der Waals surface area contributed by atoms with Gasteiger partial charge in [-0.3, -0.25) is 15.2 Å². The molecule has 27 heavy (non-hydrogen) atoms. The molecule has 0 fully saturated rings. The van der Waals surface area contributed by atoms with Gasteiger partial charge < -0.3 is 10.6 Å². The van der Waals surface area contributed by atoms with Crippen molar-refractivity contribution < 1.29 is 4.79 Å². The molecule has 0 aromatic carbocycles. The molecule has 3 N–H and O–H groups in total. The van der Waals surface area contributed by atoms with Gasteiger partial charge in [0.05, 0.1) is 11.4 Å². The summed E-state index contributed by atoms with van der Waals surface area (Å²) in [5.74, 6) is 0.810. The third-order valence-corrected chi connectivity index (χ3v) is 4.48. The molecule has 0 radical (unpaired) electrons. The van der Waals surface area contributed by atoms with Crippen molar-refractivity contribution in [3.8, 4) is 0 Å². The van der Waals surface area contributed by atoms with Crippen LogP contribution < -0.4 is 10.6 Å². The Kier molecular flexibility index (Phi) is 7.29. The van der Waals surface area contributed by atoms with Crippen LogP contribution in [0.1, 0.15) is 55.2 Å². The van der Waals surface area contributed by atoms with E-state index in [1.165, 1.54) is 0 Å². The van der Waals surface area contributed by atoms with Gasteiger partial charge in [-0.15, -0.1) is 0 Å². The van der Waals surface area contributed by atoms with Crippen molar-refractivity contribution in [1.29, 1.82) is 5.41 Å². The molecule has 0 atom stereocenters. The summed E-state index contributed by atoms with van der Waals surface area (Å²) in [7, 11) is 1.82. The lowest BCUT2D eigenvalue weighted by atomic mass is 9.98. The fraction of sp³-hybridized carbons (Fsp3) is 0.318. The number of hydrogen-bond donors (Lipinski definition) is 3. The van der Waals surface area contributed by atoms with E-state index < -0.39 is 0 Å². The number of aromatic nitrogens is 1. The number of rotatable bonds is 8. The minimum atomic E-state index is 0.0591. The number of pyridine rings is 1. The molecule has 1 aromatic rings. The molecule has 0 amide bonds. The SMILES string of the molecule is CCC(=O)c1cc(C(=N)/C(C)=C(/NC)NC2=CCC=CC=C2)cnc1CC. The summed E-state index contributed by atoms with van der Waals surface area (Å²) >= 11 is 0. The third-order valence-electron chi connectivity index (χ3n) is 4.48. The van der Waals surface area contributed by atoms with E-state index >= 15 is 0 Å². The molecule has 2 rings (SSSR count). The van der Waals surface area contributed by atoms with Crippen LogP contribution >= 0.6 is 0 Å². The van der Waals surface area contributed by atoms with Gasteiger partial charge in [-0.2, -0.15) is 0 Å². The van der Waals surface area contributed by atoms with Crippen molar-refractivity contribution in [3.05, 3.63) is 76.6 Å². The average Bonchev–Trinajstić information content (AvgIpc) is 2.98. The summed E-state index contributed by atoms with van der Waals surface area (Å²) in [5, 5.41) is 15.1. The Morgan fingerprint density at radius 2 is 2.07 bits per heavy atom. The standard InChI is InChI=1S/C22H28N4O/c1-5-19-18(20(27)6-2)13-16(14-25-19)21(23)15(3)22(24-4)26-17-11-9-7-8-10-12-17/h7-9,11-14,23-24,26H,5-6,10H2,1-4H3/b22-15-,23-21?. The van der Waals surface area contributed by atoms with Gasteiger partial charge in [-0.1, -0.05) is 38.2 Å². The van der Waals surface area contributed by atoms with Gasteiger partial charge in [-0.05, 0) is 31.9 Å². The van der Waals surface area contributed by atoms with Crippen molar-refractivity contribution in [2.45, 2.75) is 40.0 Å². The lowest BCUT2D eigenvalue weighted by Gasteiger charge is -2.16. The predicted molar refractivity (Wildman–Crippen MR) is 111 cm³/mol. The van der Waals surface area contributed by atoms with Crippen molar-refractivity contribution >= 4 is 11.5 Å². The molecular weight excluding hydrogens is 336 g/mol. The number of aryl methyl sites for hydroxylation is 1. The molecular formula is C22H28N4O. The summed E-state index contributed by atoms with van der Waals surface area (Å²) < 4.78 is 0. The Labute approximate surface area is 161 Å². The van der Waals surface area contributed by atoms with Crippen molar-refractivity contribution in [2.75, 3.05) is 7.05 Å². The largest absolute Gasteiger partial charge is 0.374 e. The number of allylic oxidation sites excluding steroid dienone is 6. The Morgan fingerprint density at radius 1 is 1.30 bits per heavy atom. The molecule has 1 aliphatic rings. The number of carbonyl (C=O) groups excluding carboxylic acids is 1. The van der Waals surface area contributed by atoms with E-state index in [9.17, 15) is 4.79 Å². The number of ketones is 1. The number of Topliss-reactive ketones (excluding diaryl/α,β-unsaturated/α-hetero) is 1. The fourth-order valence-electron chi connectivity index (χ4n) is 2.85. The highest BCUT2D eigenvalue weighted by Crippen LogP contribution is 2.17. The maximum atomic E-state index is 12.3. The van der Waals surface area contributed by atoms with Crippen LogP contribution in [-0.2, 0) is 6.42 Å². The predicted octanol–water partition coefficient (Wildman–Crippen LogP) is 4.05. The van der Waals surface area contributed by atoms with Crippen LogP contribution in [0, 0.1) is 5.41 Å². The molecule has 1 heterocycles. The first-order chi connectivity index (χ1) is 13.0. The second-order valence-electron chi connectivity index (χ2n) is 6.28. The van der Waals surface area contributed by atoms with Crippen molar-refractivity contribution in [3.63, 3.8) is 0 Å². The van der Waals surface area contributed by atoms with Crippen LogP contribution in [0.4, 0.5) is 0 Å². The number of carbonyl (C=O) groups is 1. The minimum absolute atomic E-state index is 0.0591. The van der Waals surface area contributed by atoms with Gasteiger partial charge in [0.25, 0.3) is 0 Å². The zero-order valence-corrected chi connectivity index (χ0v) is 16.5. The van der Waals surface area contributed by atoms with Crippen LogP contribution in [0.3, 0.4) is 0 Å². The highest BCUT2D eigenvalue weighted by atomic mass is 16.1. The summed E-state index contributed by atoms with van der Waals surface area (Å²) in [6.07, 6.45) is 13.8. The molecule has 0 unspecified atom stereocenters. The lowest BCUT2D eigenvalue weighted by molar-refractivity contribution is 0.0987. The van der Waals surface area contributed by atoms with Gasteiger partial charge >= 0.3 is 0 Å². The molecule has 142 valence electrons. The van der Waals surface area contributed by atoms with E-state index in [1.807, 2.05) is 46.0 Å². The topological polar surface area (TPSA) is 77.9 Å². The molecule has 1 aromatic heterocycles. The monoisotopic (exact) mass is 364 g/mol. The molecule has 0 bridgehead atoms.